The van der Waals surface area contributed by atoms with Crippen molar-refractivity contribution in [2.75, 3.05) is 23.8 Å². The summed E-state index contributed by atoms with van der Waals surface area (Å²) in [6.45, 7) is 1.05. The van der Waals surface area contributed by atoms with Crippen LogP contribution in [0.1, 0.15) is 25.3 Å². The monoisotopic (exact) mass is 353 g/mol. The van der Waals surface area contributed by atoms with Crippen molar-refractivity contribution in [3.63, 3.8) is 0 Å². The number of nitrogens with two attached hydrogens (primary N) is 2. The maximum Gasteiger partial charge on any atom is 0.350 e. The van der Waals surface area contributed by atoms with Crippen LogP contribution in [-0.2, 0) is 0 Å². The molecule has 4 rings (SSSR count). The Kier molecular flexibility index (Phi) is 3.36. The van der Waals surface area contributed by atoms with E-state index >= 15 is 0 Å². The Hall–Kier alpha value is -2.06. The second-order valence-electron chi connectivity index (χ2n) is 6.47. The van der Waals surface area contributed by atoms with E-state index in [1.165, 1.54) is 4.57 Å². The van der Waals surface area contributed by atoms with E-state index in [4.69, 9.17) is 23.2 Å². The Morgan fingerprint density at radius 3 is 2.54 bits per heavy atom. The number of rotatable bonds is 2. The van der Waals surface area contributed by atoms with Crippen LogP contribution in [-0.4, -0.2) is 28.4 Å². The molecular weight excluding hydrogens is 337 g/mol. The molecule has 9 heteroatoms. The molecule has 1 saturated carbocycles. The van der Waals surface area contributed by atoms with E-state index in [0.29, 0.717) is 17.8 Å². The lowest BCUT2D eigenvalue weighted by Crippen LogP contribution is -2.44. The number of nitrogen functional groups attached to an aromatic ring is 1. The van der Waals surface area contributed by atoms with E-state index < -0.39 is 17.1 Å². The lowest BCUT2D eigenvalue weighted by atomic mass is 10.2. The Morgan fingerprint density at radius 2 is 1.96 bits per heavy atom. The van der Waals surface area contributed by atoms with Crippen molar-refractivity contribution in [3.05, 3.63) is 37.7 Å². The molecule has 7 nitrogen and oxygen atoms in total. The van der Waals surface area contributed by atoms with Gasteiger partial charge in [0, 0.05) is 25.2 Å². The fourth-order valence-electron chi connectivity index (χ4n) is 3.38. The zero-order valence-electron chi connectivity index (χ0n) is 12.8. The lowest BCUT2D eigenvalue weighted by Gasteiger charge is -2.22. The van der Waals surface area contributed by atoms with Gasteiger partial charge < -0.3 is 16.5 Å². The summed E-state index contributed by atoms with van der Waals surface area (Å²) in [5.41, 5.74) is 4.97. The molecule has 1 aromatic carbocycles. The molecule has 0 spiro atoms. The molecule has 1 aromatic heterocycles. The highest BCUT2D eigenvalue weighted by Crippen LogP contribution is 2.41. The van der Waals surface area contributed by atoms with Crippen LogP contribution >= 0.6 is 11.6 Å². The molecule has 0 unspecified atom stereocenters. The molecule has 2 heterocycles. The maximum atomic E-state index is 14.7. The fraction of sp³-hybridized carbons (Fsp3) is 0.467. The first kappa shape index (κ1) is 15.5. The van der Waals surface area contributed by atoms with Crippen LogP contribution in [0.4, 0.5) is 10.1 Å². The van der Waals surface area contributed by atoms with Gasteiger partial charge in [0.25, 0.3) is 5.56 Å². The maximum absolute atomic E-state index is 14.7. The third-order valence-corrected chi connectivity index (χ3v) is 5.08. The molecule has 1 atom stereocenters. The van der Waals surface area contributed by atoms with E-state index in [1.807, 2.05) is 0 Å². The van der Waals surface area contributed by atoms with Gasteiger partial charge in [-0.3, -0.25) is 9.36 Å². The van der Waals surface area contributed by atoms with Crippen LogP contribution in [0.15, 0.2) is 15.7 Å². The number of nitrogens with zero attached hydrogens (tertiary/aromatic N) is 3. The number of hydrogen-bond acceptors (Lipinski definition) is 5. The van der Waals surface area contributed by atoms with Crippen LogP contribution in [0.2, 0.25) is 5.02 Å². The van der Waals surface area contributed by atoms with Crippen LogP contribution in [0, 0.1) is 5.82 Å². The largest absolute Gasteiger partial charge is 0.366 e. The minimum Gasteiger partial charge on any atom is -0.366 e. The number of anilines is 1. The molecule has 24 heavy (non-hydrogen) atoms. The molecular formula is C15H17ClFN5O2. The van der Waals surface area contributed by atoms with Crippen LogP contribution in [0.5, 0.6) is 0 Å². The van der Waals surface area contributed by atoms with Gasteiger partial charge in [-0.25, -0.2) is 9.18 Å². The smallest absolute Gasteiger partial charge is 0.350 e. The standard InChI is InChI=1S/C15H17ClFN5O2/c16-11-12-9(5-10(17)13(11)20-4-3-7(18)6-20)14(23)22(19)15(24)21(12)8-1-2-8/h5,7-8H,1-4,6,18-19H2/t7-/m0/s1. The highest BCUT2D eigenvalue weighted by atomic mass is 35.5. The zero-order chi connectivity index (χ0) is 17.2. The van der Waals surface area contributed by atoms with E-state index in [1.54, 1.807) is 4.90 Å². The van der Waals surface area contributed by atoms with Crippen molar-refractivity contribution in [2.45, 2.75) is 31.3 Å². The SMILES string of the molecule is N[C@H]1CCN(c2c(F)cc3c(=O)n(N)c(=O)n(C4CC4)c3c2Cl)C1. The van der Waals surface area contributed by atoms with Crippen molar-refractivity contribution in [3.8, 4) is 0 Å². The topological polar surface area (TPSA) is 99.3 Å². The molecule has 1 aliphatic carbocycles. The van der Waals surface area contributed by atoms with Crippen LogP contribution in [0.25, 0.3) is 10.9 Å². The molecule has 2 aliphatic rings. The third-order valence-electron chi connectivity index (χ3n) is 4.72. The number of aromatic nitrogens is 2. The quantitative estimate of drug-likeness (QED) is 0.768. The molecule has 4 N–H and O–H groups in total. The molecule has 0 amide bonds. The van der Waals surface area contributed by atoms with Gasteiger partial charge >= 0.3 is 5.69 Å². The summed E-state index contributed by atoms with van der Waals surface area (Å²) in [6, 6.07) is 0.996. The van der Waals surface area contributed by atoms with Gasteiger partial charge in [0.1, 0.15) is 5.82 Å². The number of halogens is 2. The average molecular weight is 354 g/mol. The number of fused-ring (bicyclic) bond motifs is 1. The first-order valence-electron chi connectivity index (χ1n) is 7.85. The Bertz CT molecular complexity index is 965. The molecule has 2 fully saturated rings. The minimum absolute atomic E-state index is 0.0127. The van der Waals surface area contributed by atoms with Crippen molar-refractivity contribution in [1.82, 2.24) is 9.24 Å². The van der Waals surface area contributed by atoms with Gasteiger partial charge in [0.2, 0.25) is 0 Å². The predicted molar refractivity (Wildman–Crippen MR) is 90.7 cm³/mol. The molecule has 0 radical (unpaired) electrons. The number of hydrogen-bond donors (Lipinski definition) is 2. The summed E-state index contributed by atoms with van der Waals surface area (Å²) in [5.74, 6) is 4.96. The predicted octanol–water partition coefficient (Wildman–Crippen LogP) is 0.542. The molecule has 0 bridgehead atoms. The summed E-state index contributed by atoms with van der Waals surface area (Å²) in [7, 11) is 0. The average Bonchev–Trinajstić information content (AvgIpc) is 3.28. The molecule has 1 aliphatic heterocycles. The summed E-state index contributed by atoms with van der Waals surface area (Å²) in [4.78, 5) is 26.5. The lowest BCUT2D eigenvalue weighted by molar-refractivity contribution is 0.620. The van der Waals surface area contributed by atoms with Gasteiger partial charge in [-0.2, -0.15) is 4.68 Å². The summed E-state index contributed by atoms with van der Waals surface area (Å²) in [5, 5.41) is 0.0829. The van der Waals surface area contributed by atoms with Gasteiger partial charge in [0.05, 0.1) is 21.6 Å². The fourth-order valence-corrected chi connectivity index (χ4v) is 3.78. The van der Waals surface area contributed by atoms with Gasteiger partial charge in [-0.15, -0.1) is 0 Å². The zero-order valence-corrected chi connectivity index (χ0v) is 13.6. The molecule has 128 valence electrons. The van der Waals surface area contributed by atoms with Crippen molar-refractivity contribution >= 4 is 28.2 Å². The normalized spacial score (nSPS) is 21.0. The first-order chi connectivity index (χ1) is 11.4. The Labute approximate surface area is 141 Å². The minimum atomic E-state index is -0.752. The van der Waals surface area contributed by atoms with Gasteiger partial charge in [-0.05, 0) is 25.3 Å². The van der Waals surface area contributed by atoms with Crippen molar-refractivity contribution in [1.29, 1.82) is 0 Å². The second-order valence-corrected chi connectivity index (χ2v) is 6.85. The summed E-state index contributed by atoms with van der Waals surface area (Å²) < 4.78 is 16.6. The first-order valence-corrected chi connectivity index (χ1v) is 8.22. The van der Waals surface area contributed by atoms with Crippen molar-refractivity contribution < 1.29 is 4.39 Å². The van der Waals surface area contributed by atoms with E-state index in [0.717, 1.165) is 25.3 Å². The molecule has 2 aromatic rings. The second kappa shape index (κ2) is 5.22. The summed E-state index contributed by atoms with van der Waals surface area (Å²) >= 11 is 6.48. The summed E-state index contributed by atoms with van der Waals surface area (Å²) in [6.07, 6.45) is 2.32. The highest BCUT2D eigenvalue weighted by molar-refractivity contribution is 6.38. The van der Waals surface area contributed by atoms with Crippen molar-refractivity contribution in [2.24, 2.45) is 5.73 Å². The van der Waals surface area contributed by atoms with Gasteiger partial charge in [0.15, 0.2) is 0 Å². The number of benzene rings is 1. The Balaban J connectivity index is 2.08. The van der Waals surface area contributed by atoms with Crippen LogP contribution in [0.3, 0.4) is 0 Å². The van der Waals surface area contributed by atoms with Crippen LogP contribution < -0.4 is 27.7 Å². The van der Waals surface area contributed by atoms with E-state index in [-0.39, 0.29) is 33.7 Å². The van der Waals surface area contributed by atoms with E-state index in [9.17, 15) is 14.0 Å². The van der Waals surface area contributed by atoms with E-state index in [2.05, 4.69) is 0 Å². The molecule has 1 saturated heterocycles. The highest BCUT2D eigenvalue weighted by Gasteiger charge is 2.32. The Morgan fingerprint density at radius 1 is 1.25 bits per heavy atom. The third kappa shape index (κ3) is 2.13. The van der Waals surface area contributed by atoms with Gasteiger partial charge in [-0.1, -0.05) is 11.6 Å².